The molecule has 106 valence electrons. The monoisotopic (exact) mass is 273 g/mol. The highest BCUT2D eigenvalue weighted by atomic mass is 19.1. The zero-order valence-electron chi connectivity index (χ0n) is 11.9. The van der Waals surface area contributed by atoms with Crippen LogP contribution in [0.25, 0.3) is 0 Å². The third-order valence-electron chi connectivity index (χ3n) is 3.22. The van der Waals surface area contributed by atoms with Crippen LogP contribution in [0, 0.1) is 5.82 Å². The molecule has 0 saturated carbocycles. The molecule has 2 rings (SSSR count). The van der Waals surface area contributed by atoms with Crippen molar-refractivity contribution in [3.05, 3.63) is 65.5 Å². The van der Waals surface area contributed by atoms with Gasteiger partial charge in [0.15, 0.2) is 0 Å². The Hall–Kier alpha value is -1.87. The maximum atomic E-state index is 13.1. The fourth-order valence-corrected chi connectivity index (χ4v) is 2.16. The van der Waals surface area contributed by atoms with E-state index in [2.05, 4.69) is 18.3 Å². The lowest BCUT2D eigenvalue weighted by Crippen LogP contribution is -2.27. The van der Waals surface area contributed by atoms with E-state index in [1.807, 2.05) is 24.3 Å². The van der Waals surface area contributed by atoms with Crippen molar-refractivity contribution < 1.29 is 9.13 Å². The maximum Gasteiger partial charge on any atom is 0.123 e. The van der Waals surface area contributed by atoms with Crippen LogP contribution >= 0.6 is 0 Å². The summed E-state index contributed by atoms with van der Waals surface area (Å²) in [6.45, 7) is 2.87. The van der Waals surface area contributed by atoms with Crippen LogP contribution in [0.2, 0.25) is 0 Å². The van der Waals surface area contributed by atoms with E-state index >= 15 is 0 Å². The summed E-state index contributed by atoms with van der Waals surface area (Å²) in [7, 11) is 1.67. The van der Waals surface area contributed by atoms with E-state index in [9.17, 15) is 4.39 Å². The summed E-state index contributed by atoms with van der Waals surface area (Å²) in [5.41, 5.74) is 2.19. The van der Waals surface area contributed by atoms with Gasteiger partial charge in [0.2, 0.25) is 0 Å². The van der Waals surface area contributed by atoms with Gasteiger partial charge in [0.25, 0.3) is 0 Å². The van der Waals surface area contributed by atoms with Gasteiger partial charge >= 0.3 is 0 Å². The van der Waals surface area contributed by atoms with E-state index in [4.69, 9.17) is 4.74 Å². The fraction of sp³-hybridized carbons (Fsp3) is 0.294. The van der Waals surface area contributed by atoms with Crippen LogP contribution in [-0.2, 0) is 13.0 Å². The van der Waals surface area contributed by atoms with Gasteiger partial charge < -0.3 is 10.1 Å². The Morgan fingerprint density at radius 3 is 2.60 bits per heavy atom. The number of nitrogens with one attached hydrogen (secondary N) is 1. The van der Waals surface area contributed by atoms with Crippen molar-refractivity contribution in [2.75, 3.05) is 7.11 Å². The molecule has 0 aliphatic rings. The summed E-state index contributed by atoms with van der Waals surface area (Å²) in [5, 5.41) is 3.44. The summed E-state index contributed by atoms with van der Waals surface area (Å²) in [5.74, 6) is 0.685. The minimum Gasteiger partial charge on any atom is -0.497 e. The van der Waals surface area contributed by atoms with Gasteiger partial charge in [-0.25, -0.2) is 4.39 Å². The number of ether oxygens (including phenoxy) is 1. The molecule has 0 radical (unpaired) electrons. The number of methoxy groups -OCH3 is 1. The van der Waals surface area contributed by atoms with Crippen molar-refractivity contribution in [2.24, 2.45) is 0 Å². The normalized spacial score (nSPS) is 12.2. The van der Waals surface area contributed by atoms with Crippen LogP contribution in [-0.4, -0.2) is 13.2 Å². The van der Waals surface area contributed by atoms with Crippen LogP contribution in [0.5, 0.6) is 5.75 Å². The predicted molar refractivity (Wildman–Crippen MR) is 79.4 cm³/mol. The van der Waals surface area contributed by atoms with Crippen molar-refractivity contribution in [2.45, 2.75) is 25.9 Å². The Kier molecular flexibility index (Phi) is 5.13. The maximum absolute atomic E-state index is 13.1. The summed E-state index contributed by atoms with van der Waals surface area (Å²) in [6, 6.07) is 15.0. The smallest absolute Gasteiger partial charge is 0.123 e. The highest BCUT2D eigenvalue weighted by Gasteiger charge is 2.04. The van der Waals surface area contributed by atoms with E-state index in [1.54, 1.807) is 19.2 Å². The van der Waals surface area contributed by atoms with Crippen molar-refractivity contribution in [1.82, 2.24) is 5.32 Å². The number of rotatable bonds is 6. The SMILES string of the molecule is COc1cccc(CNC(C)Cc2cccc(F)c2)c1. The zero-order chi connectivity index (χ0) is 14.4. The molecule has 0 amide bonds. The van der Waals surface area contributed by atoms with Gasteiger partial charge in [-0.15, -0.1) is 0 Å². The molecule has 0 fully saturated rings. The largest absolute Gasteiger partial charge is 0.497 e. The summed E-state index contributed by atoms with van der Waals surface area (Å²) in [6.07, 6.45) is 0.807. The number of hydrogen-bond donors (Lipinski definition) is 1. The highest BCUT2D eigenvalue weighted by Crippen LogP contribution is 2.13. The number of hydrogen-bond acceptors (Lipinski definition) is 2. The van der Waals surface area contributed by atoms with Crippen molar-refractivity contribution in [3.8, 4) is 5.75 Å². The molecule has 1 N–H and O–H groups in total. The molecule has 2 aromatic rings. The lowest BCUT2D eigenvalue weighted by Gasteiger charge is -2.14. The predicted octanol–water partition coefficient (Wildman–Crippen LogP) is 3.56. The highest BCUT2D eigenvalue weighted by molar-refractivity contribution is 5.28. The summed E-state index contributed by atoms with van der Waals surface area (Å²) >= 11 is 0. The van der Waals surface area contributed by atoms with Crippen LogP contribution in [0.4, 0.5) is 4.39 Å². The second kappa shape index (κ2) is 7.06. The van der Waals surface area contributed by atoms with Crippen LogP contribution < -0.4 is 10.1 Å². The molecule has 0 aliphatic carbocycles. The first-order valence-corrected chi connectivity index (χ1v) is 6.78. The topological polar surface area (TPSA) is 21.3 Å². The first kappa shape index (κ1) is 14.5. The quantitative estimate of drug-likeness (QED) is 0.869. The number of benzene rings is 2. The molecule has 0 aromatic heterocycles. The minimum atomic E-state index is -0.178. The molecule has 0 bridgehead atoms. The second-order valence-electron chi connectivity index (χ2n) is 4.97. The molecule has 0 spiro atoms. The molecule has 0 aliphatic heterocycles. The lowest BCUT2D eigenvalue weighted by molar-refractivity contribution is 0.413. The van der Waals surface area contributed by atoms with Crippen molar-refractivity contribution in [1.29, 1.82) is 0 Å². The third-order valence-corrected chi connectivity index (χ3v) is 3.22. The summed E-state index contributed by atoms with van der Waals surface area (Å²) < 4.78 is 18.3. The molecular formula is C17H20FNO. The van der Waals surface area contributed by atoms with E-state index in [0.29, 0.717) is 0 Å². The molecular weight excluding hydrogens is 253 g/mol. The molecule has 1 atom stereocenters. The van der Waals surface area contributed by atoms with E-state index < -0.39 is 0 Å². The Morgan fingerprint density at radius 1 is 1.10 bits per heavy atom. The van der Waals surface area contributed by atoms with Gasteiger partial charge in [0.05, 0.1) is 7.11 Å². The second-order valence-corrected chi connectivity index (χ2v) is 4.97. The minimum absolute atomic E-state index is 0.178. The molecule has 0 heterocycles. The van der Waals surface area contributed by atoms with Crippen LogP contribution in [0.1, 0.15) is 18.1 Å². The van der Waals surface area contributed by atoms with Crippen LogP contribution in [0.3, 0.4) is 0 Å². The average molecular weight is 273 g/mol. The Labute approximate surface area is 119 Å². The average Bonchev–Trinajstić information content (AvgIpc) is 2.45. The molecule has 2 aromatic carbocycles. The fourth-order valence-electron chi connectivity index (χ4n) is 2.16. The molecule has 1 unspecified atom stereocenters. The molecule has 3 heteroatoms. The Bertz CT molecular complexity index is 556. The van der Waals surface area contributed by atoms with E-state index in [0.717, 1.165) is 24.3 Å². The third kappa shape index (κ3) is 4.35. The van der Waals surface area contributed by atoms with Crippen molar-refractivity contribution in [3.63, 3.8) is 0 Å². The molecule has 0 saturated heterocycles. The molecule has 20 heavy (non-hydrogen) atoms. The Balaban J connectivity index is 1.87. The number of halogens is 1. The standard InChI is InChI=1S/C17H20FNO/c1-13(9-14-5-3-7-16(18)10-14)19-12-15-6-4-8-17(11-15)20-2/h3-8,10-11,13,19H,9,12H2,1-2H3. The first-order valence-electron chi connectivity index (χ1n) is 6.78. The van der Waals surface area contributed by atoms with Gasteiger partial charge in [0, 0.05) is 12.6 Å². The van der Waals surface area contributed by atoms with Gasteiger partial charge in [-0.05, 0) is 48.7 Å². The molecule has 2 nitrogen and oxygen atoms in total. The van der Waals surface area contributed by atoms with Gasteiger partial charge in [-0.1, -0.05) is 24.3 Å². The van der Waals surface area contributed by atoms with E-state index in [1.165, 1.54) is 11.6 Å². The van der Waals surface area contributed by atoms with Gasteiger partial charge in [-0.2, -0.15) is 0 Å². The van der Waals surface area contributed by atoms with Crippen molar-refractivity contribution >= 4 is 0 Å². The lowest BCUT2D eigenvalue weighted by atomic mass is 10.1. The van der Waals surface area contributed by atoms with Gasteiger partial charge in [0.1, 0.15) is 11.6 Å². The first-order chi connectivity index (χ1) is 9.67. The Morgan fingerprint density at radius 2 is 1.85 bits per heavy atom. The van der Waals surface area contributed by atoms with Crippen LogP contribution in [0.15, 0.2) is 48.5 Å². The van der Waals surface area contributed by atoms with E-state index in [-0.39, 0.29) is 11.9 Å². The van der Waals surface area contributed by atoms with Gasteiger partial charge in [-0.3, -0.25) is 0 Å². The summed E-state index contributed by atoms with van der Waals surface area (Å²) in [4.78, 5) is 0. The zero-order valence-corrected chi connectivity index (χ0v) is 11.9.